The minimum Gasteiger partial charge on any atom is -0.492 e. The van der Waals surface area contributed by atoms with Crippen LogP contribution in [-0.2, 0) is 0 Å². The fraction of sp³-hybridized carbons (Fsp3) is 0.500. The molecule has 1 aliphatic rings. The summed E-state index contributed by atoms with van der Waals surface area (Å²) < 4.78 is 6.66. The van der Waals surface area contributed by atoms with Gasteiger partial charge in [0.1, 0.15) is 12.4 Å². The molecule has 1 aliphatic carbocycles. The van der Waals surface area contributed by atoms with Gasteiger partial charge in [0.2, 0.25) is 0 Å². The average molecular weight is 270 g/mol. The molecule has 3 heteroatoms. The molecule has 0 bridgehead atoms. The number of rotatable bonds is 6. The van der Waals surface area contributed by atoms with Gasteiger partial charge in [-0.1, -0.05) is 15.9 Å². The van der Waals surface area contributed by atoms with Crippen LogP contribution < -0.4 is 10.1 Å². The summed E-state index contributed by atoms with van der Waals surface area (Å²) in [5.74, 6) is 1.88. The van der Waals surface area contributed by atoms with Crippen LogP contribution in [-0.4, -0.2) is 19.7 Å². The lowest BCUT2D eigenvalue weighted by atomic mass is 10.3. The zero-order valence-corrected chi connectivity index (χ0v) is 10.3. The first kappa shape index (κ1) is 11.0. The Morgan fingerprint density at radius 2 is 2.00 bits per heavy atom. The smallest absolute Gasteiger partial charge is 0.119 e. The molecule has 0 unspecified atom stereocenters. The summed E-state index contributed by atoms with van der Waals surface area (Å²) >= 11 is 3.39. The molecule has 15 heavy (non-hydrogen) atoms. The highest BCUT2D eigenvalue weighted by Gasteiger charge is 2.19. The number of hydrogen-bond acceptors (Lipinski definition) is 2. The van der Waals surface area contributed by atoms with Crippen molar-refractivity contribution >= 4 is 15.9 Å². The molecule has 1 aromatic rings. The van der Waals surface area contributed by atoms with Crippen molar-refractivity contribution in [3.8, 4) is 5.75 Å². The standard InChI is InChI=1S/C12H16BrNO/c13-11-3-5-12(6-4-11)15-8-7-14-9-10-1-2-10/h3-6,10,14H,1-2,7-9H2. The van der Waals surface area contributed by atoms with E-state index < -0.39 is 0 Å². The molecule has 2 nitrogen and oxygen atoms in total. The first-order valence-corrected chi connectivity index (χ1v) is 6.23. The monoisotopic (exact) mass is 269 g/mol. The Kier molecular flexibility index (Phi) is 4.03. The maximum atomic E-state index is 5.58. The summed E-state index contributed by atoms with van der Waals surface area (Å²) in [7, 11) is 0. The van der Waals surface area contributed by atoms with Crippen LogP contribution in [0.3, 0.4) is 0 Å². The van der Waals surface area contributed by atoms with Gasteiger partial charge in [-0.25, -0.2) is 0 Å². The minimum absolute atomic E-state index is 0.744. The molecular formula is C12H16BrNO. The maximum absolute atomic E-state index is 5.58. The van der Waals surface area contributed by atoms with Crippen molar-refractivity contribution in [1.82, 2.24) is 5.32 Å². The molecule has 0 saturated heterocycles. The van der Waals surface area contributed by atoms with Gasteiger partial charge in [0.15, 0.2) is 0 Å². The van der Waals surface area contributed by atoms with E-state index in [0.717, 1.165) is 35.8 Å². The second-order valence-electron chi connectivity index (χ2n) is 3.95. The second-order valence-corrected chi connectivity index (χ2v) is 4.87. The van der Waals surface area contributed by atoms with E-state index in [1.165, 1.54) is 12.8 Å². The molecule has 2 rings (SSSR count). The van der Waals surface area contributed by atoms with Crippen LogP contribution in [0.2, 0.25) is 0 Å². The van der Waals surface area contributed by atoms with E-state index in [-0.39, 0.29) is 0 Å². The molecule has 1 N–H and O–H groups in total. The number of nitrogens with one attached hydrogen (secondary N) is 1. The van der Waals surface area contributed by atoms with Gasteiger partial charge in [-0.3, -0.25) is 0 Å². The van der Waals surface area contributed by atoms with Crippen molar-refractivity contribution in [3.05, 3.63) is 28.7 Å². The zero-order valence-electron chi connectivity index (χ0n) is 8.71. The molecule has 0 spiro atoms. The normalized spacial score (nSPS) is 15.3. The molecule has 1 saturated carbocycles. The van der Waals surface area contributed by atoms with Crippen molar-refractivity contribution in [2.45, 2.75) is 12.8 Å². The Balaban J connectivity index is 1.58. The second kappa shape index (κ2) is 5.52. The van der Waals surface area contributed by atoms with Gasteiger partial charge < -0.3 is 10.1 Å². The summed E-state index contributed by atoms with van der Waals surface area (Å²) in [6, 6.07) is 7.94. The van der Waals surface area contributed by atoms with Crippen LogP contribution in [0.25, 0.3) is 0 Å². The van der Waals surface area contributed by atoms with Gasteiger partial charge in [0.05, 0.1) is 0 Å². The quantitative estimate of drug-likeness (QED) is 0.802. The Morgan fingerprint density at radius 3 is 2.67 bits per heavy atom. The molecular weight excluding hydrogens is 254 g/mol. The molecule has 0 atom stereocenters. The summed E-state index contributed by atoms with van der Waals surface area (Å²) in [5.41, 5.74) is 0. The van der Waals surface area contributed by atoms with Crippen LogP contribution in [0.1, 0.15) is 12.8 Å². The first-order chi connectivity index (χ1) is 7.34. The third-order valence-electron chi connectivity index (χ3n) is 2.49. The van der Waals surface area contributed by atoms with Gasteiger partial charge >= 0.3 is 0 Å². The predicted octanol–water partition coefficient (Wildman–Crippen LogP) is 2.83. The molecule has 0 aromatic heterocycles. The molecule has 1 fully saturated rings. The Morgan fingerprint density at radius 1 is 1.27 bits per heavy atom. The van der Waals surface area contributed by atoms with Crippen molar-refractivity contribution in [2.24, 2.45) is 5.92 Å². The van der Waals surface area contributed by atoms with Crippen LogP contribution >= 0.6 is 15.9 Å². The number of ether oxygens (including phenoxy) is 1. The number of benzene rings is 1. The summed E-state index contributed by atoms with van der Waals surface area (Å²) in [5, 5.41) is 3.39. The molecule has 82 valence electrons. The van der Waals surface area contributed by atoms with Gasteiger partial charge in [0.25, 0.3) is 0 Å². The van der Waals surface area contributed by atoms with Crippen molar-refractivity contribution in [2.75, 3.05) is 19.7 Å². The fourth-order valence-electron chi connectivity index (χ4n) is 1.40. The van der Waals surface area contributed by atoms with Crippen LogP contribution in [0, 0.1) is 5.92 Å². The van der Waals surface area contributed by atoms with E-state index in [0.29, 0.717) is 0 Å². The third-order valence-corrected chi connectivity index (χ3v) is 3.02. The number of hydrogen-bond donors (Lipinski definition) is 1. The summed E-state index contributed by atoms with van der Waals surface area (Å²) in [6.45, 7) is 2.84. The van der Waals surface area contributed by atoms with Crippen LogP contribution in [0.4, 0.5) is 0 Å². The van der Waals surface area contributed by atoms with Crippen LogP contribution in [0.15, 0.2) is 28.7 Å². The van der Waals surface area contributed by atoms with Gasteiger partial charge in [-0.05, 0) is 49.6 Å². The average Bonchev–Trinajstić information content (AvgIpc) is 3.04. The molecule has 1 aromatic carbocycles. The molecule has 0 radical (unpaired) electrons. The Bertz CT molecular complexity index is 295. The van der Waals surface area contributed by atoms with Crippen molar-refractivity contribution < 1.29 is 4.74 Å². The lowest BCUT2D eigenvalue weighted by molar-refractivity contribution is 0.313. The van der Waals surface area contributed by atoms with E-state index in [1.54, 1.807) is 0 Å². The lowest BCUT2D eigenvalue weighted by Gasteiger charge is -2.06. The van der Waals surface area contributed by atoms with Gasteiger partial charge in [0, 0.05) is 11.0 Å². The summed E-state index contributed by atoms with van der Waals surface area (Å²) in [4.78, 5) is 0. The van der Waals surface area contributed by atoms with Crippen LogP contribution in [0.5, 0.6) is 5.75 Å². The van der Waals surface area contributed by atoms with E-state index >= 15 is 0 Å². The van der Waals surface area contributed by atoms with E-state index in [9.17, 15) is 0 Å². The van der Waals surface area contributed by atoms with E-state index in [2.05, 4.69) is 21.2 Å². The zero-order chi connectivity index (χ0) is 10.5. The third kappa shape index (κ3) is 4.22. The highest BCUT2D eigenvalue weighted by atomic mass is 79.9. The van der Waals surface area contributed by atoms with E-state index in [1.807, 2.05) is 24.3 Å². The van der Waals surface area contributed by atoms with Gasteiger partial charge in [-0.15, -0.1) is 0 Å². The molecule has 0 heterocycles. The predicted molar refractivity (Wildman–Crippen MR) is 65.2 cm³/mol. The molecule has 0 aliphatic heterocycles. The van der Waals surface area contributed by atoms with Gasteiger partial charge in [-0.2, -0.15) is 0 Å². The minimum atomic E-state index is 0.744. The fourth-order valence-corrected chi connectivity index (χ4v) is 1.66. The number of halogens is 1. The van der Waals surface area contributed by atoms with Crippen molar-refractivity contribution in [3.63, 3.8) is 0 Å². The Hall–Kier alpha value is -0.540. The van der Waals surface area contributed by atoms with Crippen molar-refractivity contribution in [1.29, 1.82) is 0 Å². The molecule has 0 amide bonds. The highest BCUT2D eigenvalue weighted by Crippen LogP contribution is 2.27. The maximum Gasteiger partial charge on any atom is 0.119 e. The Labute approximate surface area is 99.1 Å². The summed E-state index contributed by atoms with van der Waals surface area (Å²) in [6.07, 6.45) is 2.81. The first-order valence-electron chi connectivity index (χ1n) is 5.44. The SMILES string of the molecule is Brc1ccc(OCCNCC2CC2)cc1. The largest absolute Gasteiger partial charge is 0.492 e. The lowest BCUT2D eigenvalue weighted by Crippen LogP contribution is -2.23. The highest BCUT2D eigenvalue weighted by molar-refractivity contribution is 9.10. The van der Waals surface area contributed by atoms with E-state index in [4.69, 9.17) is 4.74 Å². The topological polar surface area (TPSA) is 21.3 Å².